The lowest BCUT2D eigenvalue weighted by atomic mass is 10.1. The largest absolute Gasteiger partial charge is 0.496 e. The van der Waals surface area contributed by atoms with Gasteiger partial charge in [-0.3, -0.25) is 4.98 Å². The summed E-state index contributed by atoms with van der Waals surface area (Å²) in [5.74, 6) is 0.924. The summed E-state index contributed by atoms with van der Waals surface area (Å²) in [6.07, 6.45) is 2.75. The van der Waals surface area contributed by atoms with Crippen molar-refractivity contribution in [2.45, 2.75) is 19.4 Å². The second-order valence-electron chi connectivity index (χ2n) is 4.20. The van der Waals surface area contributed by atoms with Gasteiger partial charge in [-0.25, -0.2) is 0 Å². The third kappa shape index (κ3) is 2.89. The molecule has 0 spiro atoms. The average Bonchev–Trinajstić information content (AvgIpc) is 2.86. The van der Waals surface area contributed by atoms with Gasteiger partial charge in [0.1, 0.15) is 5.75 Å². The van der Waals surface area contributed by atoms with Gasteiger partial charge in [0, 0.05) is 34.6 Å². The van der Waals surface area contributed by atoms with Crippen molar-refractivity contribution in [1.29, 1.82) is 0 Å². The van der Waals surface area contributed by atoms with Crippen LogP contribution in [0.15, 0.2) is 29.8 Å². The highest BCUT2D eigenvalue weighted by atomic mass is 32.1. The Labute approximate surface area is 112 Å². The first-order chi connectivity index (χ1) is 8.74. The van der Waals surface area contributed by atoms with Crippen LogP contribution < -0.4 is 10.1 Å². The van der Waals surface area contributed by atoms with Crippen LogP contribution in [-0.4, -0.2) is 19.1 Å². The minimum absolute atomic E-state index is 0.285. The number of aryl methyl sites for hydroxylation is 1. The van der Waals surface area contributed by atoms with Crippen LogP contribution in [0.4, 0.5) is 0 Å². The zero-order valence-corrected chi connectivity index (χ0v) is 11.8. The van der Waals surface area contributed by atoms with Crippen LogP contribution in [0.2, 0.25) is 0 Å². The number of thiophene rings is 1. The number of aromatic nitrogens is 1. The lowest BCUT2D eigenvalue weighted by Gasteiger charge is -2.15. The van der Waals surface area contributed by atoms with E-state index in [2.05, 4.69) is 29.4 Å². The highest BCUT2D eigenvalue weighted by molar-refractivity contribution is 7.10. The fourth-order valence-corrected chi connectivity index (χ4v) is 2.86. The Morgan fingerprint density at radius 1 is 1.50 bits per heavy atom. The van der Waals surface area contributed by atoms with E-state index in [9.17, 15) is 0 Å². The van der Waals surface area contributed by atoms with Gasteiger partial charge in [0.15, 0.2) is 0 Å². The molecule has 0 aliphatic rings. The molecule has 2 rings (SSSR count). The Kier molecular flexibility index (Phi) is 4.33. The summed E-state index contributed by atoms with van der Waals surface area (Å²) in [7, 11) is 3.68. The predicted molar refractivity (Wildman–Crippen MR) is 75.3 cm³/mol. The first-order valence-corrected chi connectivity index (χ1v) is 6.82. The quantitative estimate of drug-likeness (QED) is 0.899. The van der Waals surface area contributed by atoms with Gasteiger partial charge in [-0.1, -0.05) is 6.07 Å². The van der Waals surface area contributed by atoms with Gasteiger partial charge >= 0.3 is 0 Å². The van der Waals surface area contributed by atoms with E-state index in [-0.39, 0.29) is 6.04 Å². The molecular formula is C14H18N2OS. The molecule has 4 heteroatoms. The van der Waals surface area contributed by atoms with Crippen molar-refractivity contribution in [3.8, 4) is 5.75 Å². The standard InChI is InChI=1S/C14H18N2OS/c1-10-5-4-6-16-12(10)8-13(15-2)14-7-11(17-3)9-18-14/h4-7,9,13,15H,8H2,1-3H3. The van der Waals surface area contributed by atoms with Gasteiger partial charge in [0.2, 0.25) is 0 Å². The summed E-state index contributed by atoms with van der Waals surface area (Å²) in [6, 6.07) is 6.45. The van der Waals surface area contributed by atoms with Crippen LogP contribution in [0.25, 0.3) is 0 Å². The molecule has 0 saturated carbocycles. The van der Waals surface area contributed by atoms with Crippen molar-refractivity contribution in [3.63, 3.8) is 0 Å². The fraction of sp³-hybridized carbons (Fsp3) is 0.357. The number of nitrogens with zero attached hydrogens (tertiary/aromatic N) is 1. The molecule has 96 valence electrons. The molecule has 1 N–H and O–H groups in total. The minimum Gasteiger partial charge on any atom is -0.496 e. The Bertz CT molecular complexity index is 510. The Morgan fingerprint density at radius 2 is 2.33 bits per heavy atom. The van der Waals surface area contributed by atoms with E-state index in [1.807, 2.05) is 24.7 Å². The van der Waals surface area contributed by atoms with Crippen LogP contribution in [0.5, 0.6) is 5.75 Å². The van der Waals surface area contributed by atoms with E-state index >= 15 is 0 Å². The van der Waals surface area contributed by atoms with E-state index in [4.69, 9.17) is 4.74 Å². The smallest absolute Gasteiger partial charge is 0.129 e. The van der Waals surface area contributed by atoms with E-state index < -0.39 is 0 Å². The maximum atomic E-state index is 5.23. The Hall–Kier alpha value is -1.39. The van der Waals surface area contributed by atoms with Gasteiger partial charge in [0.05, 0.1) is 7.11 Å². The zero-order valence-electron chi connectivity index (χ0n) is 10.9. The van der Waals surface area contributed by atoms with Crippen molar-refractivity contribution in [1.82, 2.24) is 10.3 Å². The van der Waals surface area contributed by atoms with Crippen LogP contribution in [0.1, 0.15) is 22.2 Å². The number of likely N-dealkylation sites (N-methyl/N-ethyl adjacent to an activating group) is 1. The van der Waals surface area contributed by atoms with E-state index in [0.29, 0.717) is 0 Å². The maximum Gasteiger partial charge on any atom is 0.129 e. The average molecular weight is 262 g/mol. The summed E-state index contributed by atoms with van der Waals surface area (Å²) in [5.41, 5.74) is 2.38. The highest BCUT2D eigenvalue weighted by Gasteiger charge is 2.14. The molecule has 0 saturated heterocycles. The van der Waals surface area contributed by atoms with Crippen molar-refractivity contribution >= 4 is 11.3 Å². The molecule has 0 aliphatic heterocycles. The van der Waals surface area contributed by atoms with E-state index in [1.165, 1.54) is 10.4 Å². The second-order valence-corrected chi connectivity index (χ2v) is 5.14. The topological polar surface area (TPSA) is 34.2 Å². The summed E-state index contributed by atoms with van der Waals surface area (Å²) in [4.78, 5) is 5.73. The lowest BCUT2D eigenvalue weighted by molar-refractivity contribution is 0.416. The maximum absolute atomic E-state index is 5.23. The summed E-state index contributed by atoms with van der Waals surface area (Å²) in [5, 5.41) is 5.38. The van der Waals surface area contributed by atoms with Gasteiger partial charge in [-0.15, -0.1) is 11.3 Å². The first-order valence-electron chi connectivity index (χ1n) is 5.94. The molecule has 1 atom stereocenters. The number of methoxy groups -OCH3 is 1. The number of ether oxygens (including phenoxy) is 1. The molecule has 0 aromatic carbocycles. The fourth-order valence-electron chi connectivity index (χ4n) is 1.89. The highest BCUT2D eigenvalue weighted by Crippen LogP contribution is 2.28. The first kappa shape index (κ1) is 13.1. The Morgan fingerprint density at radius 3 is 2.94 bits per heavy atom. The van der Waals surface area contributed by atoms with E-state index in [1.54, 1.807) is 18.4 Å². The number of hydrogen-bond acceptors (Lipinski definition) is 4. The zero-order chi connectivity index (χ0) is 13.0. The van der Waals surface area contributed by atoms with Crippen LogP contribution in [-0.2, 0) is 6.42 Å². The minimum atomic E-state index is 0.285. The molecular weight excluding hydrogens is 244 g/mol. The third-order valence-corrected chi connectivity index (χ3v) is 4.06. The van der Waals surface area contributed by atoms with Crippen LogP contribution in [0.3, 0.4) is 0 Å². The molecule has 2 aromatic rings. The molecule has 0 bridgehead atoms. The van der Waals surface area contributed by atoms with Gasteiger partial charge < -0.3 is 10.1 Å². The molecule has 2 heterocycles. The number of pyridine rings is 1. The van der Waals surface area contributed by atoms with Crippen LogP contribution in [0, 0.1) is 6.92 Å². The second kappa shape index (κ2) is 5.98. The molecule has 1 unspecified atom stereocenters. The summed E-state index contributed by atoms with van der Waals surface area (Å²) < 4.78 is 5.23. The molecule has 18 heavy (non-hydrogen) atoms. The van der Waals surface area contributed by atoms with Gasteiger partial charge in [-0.2, -0.15) is 0 Å². The van der Waals surface area contributed by atoms with Crippen molar-refractivity contribution in [3.05, 3.63) is 45.9 Å². The summed E-state index contributed by atoms with van der Waals surface area (Å²) in [6.45, 7) is 2.10. The van der Waals surface area contributed by atoms with Gasteiger partial charge in [0.25, 0.3) is 0 Å². The Balaban J connectivity index is 2.17. The van der Waals surface area contributed by atoms with Gasteiger partial charge in [-0.05, 0) is 31.7 Å². The molecule has 0 amide bonds. The SMILES string of the molecule is CNC(Cc1ncccc1C)c1cc(OC)cs1. The van der Waals surface area contributed by atoms with E-state index in [0.717, 1.165) is 17.9 Å². The monoisotopic (exact) mass is 262 g/mol. The third-order valence-electron chi connectivity index (χ3n) is 3.04. The molecule has 3 nitrogen and oxygen atoms in total. The normalized spacial score (nSPS) is 12.4. The molecule has 0 radical (unpaired) electrons. The number of nitrogens with one attached hydrogen (secondary N) is 1. The molecule has 0 fully saturated rings. The van der Waals surface area contributed by atoms with Crippen molar-refractivity contribution in [2.75, 3.05) is 14.2 Å². The van der Waals surface area contributed by atoms with Crippen LogP contribution >= 0.6 is 11.3 Å². The lowest BCUT2D eigenvalue weighted by Crippen LogP contribution is -2.18. The predicted octanol–water partition coefficient (Wildman–Crippen LogP) is 2.96. The van der Waals surface area contributed by atoms with Crippen molar-refractivity contribution in [2.24, 2.45) is 0 Å². The number of hydrogen-bond donors (Lipinski definition) is 1. The molecule has 0 aliphatic carbocycles. The van der Waals surface area contributed by atoms with Crippen molar-refractivity contribution < 1.29 is 4.74 Å². The number of rotatable bonds is 5. The molecule has 2 aromatic heterocycles. The summed E-state index contributed by atoms with van der Waals surface area (Å²) >= 11 is 1.72.